The van der Waals surface area contributed by atoms with E-state index in [9.17, 15) is 4.79 Å². The predicted molar refractivity (Wildman–Crippen MR) is 67.6 cm³/mol. The number of hydrogen-bond acceptors (Lipinski definition) is 4. The second-order valence-corrected chi connectivity index (χ2v) is 4.54. The zero-order chi connectivity index (χ0) is 12.3. The molecule has 1 atom stereocenters. The van der Waals surface area contributed by atoms with E-state index < -0.39 is 5.97 Å². The fourth-order valence-electron chi connectivity index (χ4n) is 1.54. The zero-order valence-electron chi connectivity index (χ0n) is 9.25. The number of rotatable bonds is 4. The van der Waals surface area contributed by atoms with Crippen molar-refractivity contribution in [3.63, 3.8) is 0 Å². The average Bonchev–Trinajstić information content (AvgIpc) is 2.83. The summed E-state index contributed by atoms with van der Waals surface area (Å²) in [6.45, 7) is 1.98. The first-order chi connectivity index (χ1) is 8.18. The maximum absolute atomic E-state index is 11.0. The summed E-state index contributed by atoms with van der Waals surface area (Å²) in [5.41, 5.74) is 2.67. The molecule has 0 radical (unpaired) electrons. The summed E-state index contributed by atoms with van der Waals surface area (Å²) in [7, 11) is 0. The Morgan fingerprint density at radius 1 is 1.47 bits per heavy atom. The molecule has 5 heteroatoms. The van der Waals surface area contributed by atoms with Gasteiger partial charge in [0.1, 0.15) is 0 Å². The monoisotopic (exact) mass is 248 g/mol. The van der Waals surface area contributed by atoms with Crippen LogP contribution in [0, 0.1) is 0 Å². The van der Waals surface area contributed by atoms with Crippen LogP contribution in [0.1, 0.15) is 28.2 Å². The third-order valence-corrected chi connectivity index (χ3v) is 3.37. The van der Waals surface area contributed by atoms with E-state index in [-0.39, 0.29) is 11.6 Å². The predicted octanol–water partition coefficient (Wildman–Crippen LogP) is 3.01. The summed E-state index contributed by atoms with van der Waals surface area (Å²) in [6.07, 6.45) is 1.78. The number of para-hydroxylation sites is 1. The molecule has 2 rings (SSSR count). The van der Waals surface area contributed by atoms with Crippen LogP contribution < -0.4 is 5.32 Å². The summed E-state index contributed by atoms with van der Waals surface area (Å²) in [5, 5.41) is 12.2. The van der Waals surface area contributed by atoms with Crippen LogP contribution in [0.2, 0.25) is 0 Å². The third-order valence-electron chi connectivity index (χ3n) is 2.41. The van der Waals surface area contributed by atoms with Crippen molar-refractivity contribution >= 4 is 23.0 Å². The highest BCUT2D eigenvalue weighted by Crippen LogP contribution is 2.24. The number of nitrogens with one attached hydrogen (secondary N) is 1. The normalized spacial score (nSPS) is 12.1. The van der Waals surface area contributed by atoms with Gasteiger partial charge >= 0.3 is 5.97 Å². The smallest absolute Gasteiger partial charge is 0.337 e. The van der Waals surface area contributed by atoms with Crippen LogP contribution >= 0.6 is 11.3 Å². The van der Waals surface area contributed by atoms with Gasteiger partial charge in [0.15, 0.2) is 0 Å². The number of aromatic nitrogens is 1. The Bertz CT molecular complexity index is 511. The van der Waals surface area contributed by atoms with Crippen LogP contribution in [0.25, 0.3) is 0 Å². The molecule has 0 bridgehead atoms. The molecular formula is C12H12N2O2S. The van der Waals surface area contributed by atoms with Crippen molar-refractivity contribution < 1.29 is 9.90 Å². The van der Waals surface area contributed by atoms with Crippen molar-refractivity contribution in [2.45, 2.75) is 13.0 Å². The summed E-state index contributed by atoms with van der Waals surface area (Å²) in [6, 6.07) is 6.92. The van der Waals surface area contributed by atoms with Crippen molar-refractivity contribution in [2.24, 2.45) is 0 Å². The molecule has 1 heterocycles. The Labute approximate surface area is 103 Å². The average molecular weight is 248 g/mol. The molecule has 0 aliphatic heterocycles. The minimum Gasteiger partial charge on any atom is -0.478 e. The SMILES string of the molecule is CC(Nc1ccccc1C(=O)O)c1cncs1. The number of aromatic carboxylic acids is 1. The highest BCUT2D eigenvalue weighted by atomic mass is 32.1. The van der Waals surface area contributed by atoms with Crippen LogP contribution in [-0.2, 0) is 0 Å². The highest BCUT2D eigenvalue weighted by Gasteiger charge is 2.12. The van der Waals surface area contributed by atoms with E-state index in [1.165, 1.54) is 0 Å². The topological polar surface area (TPSA) is 62.2 Å². The molecule has 0 fully saturated rings. The van der Waals surface area contributed by atoms with E-state index >= 15 is 0 Å². The largest absolute Gasteiger partial charge is 0.478 e. The quantitative estimate of drug-likeness (QED) is 0.873. The Morgan fingerprint density at radius 2 is 2.24 bits per heavy atom. The van der Waals surface area contributed by atoms with E-state index in [0.717, 1.165) is 4.88 Å². The number of anilines is 1. The van der Waals surface area contributed by atoms with Gasteiger partial charge in [-0.05, 0) is 19.1 Å². The number of thiazole rings is 1. The van der Waals surface area contributed by atoms with Crippen molar-refractivity contribution in [3.05, 3.63) is 46.4 Å². The molecule has 0 saturated carbocycles. The molecule has 0 spiro atoms. The van der Waals surface area contributed by atoms with Gasteiger partial charge in [0, 0.05) is 16.8 Å². The summed E-state index contributed by atoms with van der Waals surface area (Å²) in [5.74, 6) is -0.926. The van der Waals surface area contributed by atoms with Crippen LogP contribution in [-0.4, -0.2) is 16.1 Å². The van der Waals surface area contributed by atoms with E-state index in [1.807, 2.05) is 13.0 Å². The fourth-order valence-corrected chi connectivity index (χ4v) is 2.17. The first-order valence-corrected chi connectivity index (χ1v) is 6.03. The number of benzene rings is 1. The minimum absolute atomic E-state index is 0.0444. The van der Waals surface area contributed by atoms with Crippen LogP contribution in [0.5, 0.6) is 0 Å². The molecule has 17 heavy (non-hydrogen) atoms. The highest BCUT2D eigenvalue weighted by molar-refractivity contribution is 7.09. The first-order valence-electron chi connectivity index (χ1n) is 5.15. The molecule has 0 amide bonds. The molecule has 2 aromatic rings. The van der Waals surface area contributed by atoms with Crippen LogP contribution in [0.3, 0.4) is 0 Å². The molecular weight excluding hydrogens is 236 g/mol. The Balaban J connectivity index is 2.21. The number of carbonyl (C=O) groups is 1. The second kappa shape index (κ2) is 4.97. The molecule has 1 aromatic carbocycles. The van der Waals surface area contributed by atoms with Gasteiger partial charge in [0.25, 0.3) is 0 Å². The zero-order valence-corrected chi connectivity index (χ0v) is 10.1. The first kappa shape index (κ1) is 11.6. The lowest BCUT2D eigenvalue weighted by Gasteiger charge is -2.15. The third kappa shape index (κ3) is 2.62. The lowest BCUT2D eigenvalue weighted by atomic mass is 10.1. The van der Waals surface area contributed by atoms with Crippen molar-refractivity contribution in [1.82, 2.24) is 4.98 Å². The molecule has 1 aromatic heterocycles. The van der Waals surface area contributed by atoms with Crippen LogP contribution in [0.4, 0.5) is 5.69 Å². The Morgan fingerprint density at radius 3 is 2.88 bits per heavy atom. The Kier molecular flexibility index (Phi) is 3.39. The fraction of sp³-hybridized carbons (Fsp3) is 0.167. The van der Waals surface area contributed by atoms with Gasteiger partial charge in [0.05, 0.1) is 17.1 Å². The van der Waals surface area contributed by atoms with Crippen LogP contribution in [0.15, 0.2) is 36.0 Å². The van der Waals surface area contributed by atoms with Gasteiger partial charge in [-0.2, -0.15) is 0 Å². The lowest BCUT2D eigenvalue weighted by molar-refractivity contribution is 0.0698. The van der Waals surface area contributed by atoms with Gasteiger partial charge in [-0.15, -0.1) is 11.3 Å². The summed E-state index contributed by atoms with van der Waals surface area (Å²) < 4.78 is 0. The molecule has 88 valence electrons. The van der Waals surface area contributed by atoms with Gasteiger partial charge in [-0.3, -0.25) is 4.98 Å². The molecule has 0 aliphatic carbocycles. The molecule has 4 nitrogen and oxygen atoms in total. The van der Waals surface area contributed by atoms with E-state index in [2.05, 4.69) is 10.3 Å². The number of carboxylic acid groups (broad SMARTS) is 1. The summed E-state index contributed by atoms with van der Waals surface area (Å²) in [4.78, 5) is 16.1. The molecule has 0 saturated heterocycles. The van der Waals surface area contributed by atoms with E-state index in [4.69, 9.17) is 5.11 Å². The molecule has 0 aliphatic rings. The summed E-state index contributed by atoms with van der Waals surface area (Å²) >= 11 is 1.54. The second-order valence-electron chi connectivity index (χ2n) is 3.62. The lowest BCUT2D eigenvalue weighted by Crippen LogP contribution is -2.09. The Hall–Kier alpha value is -1.88. The molecule has 1 unspecified atom stereocenters. The number of hydrogen-bond donors (Lipinski definition) is 2. The van der Waals surface area contributed by atoms with E-state index in [0.29, 0.717) is 5.69 Å². The standard InChI is InChI=1S/C12H12N2O2S/c1-8(11-6-13-7-17-11)14-10-5-3-2-4-9(10)12(15)16/h2-8,14H,1H3,(H,15,16). The minimum atomic E-state index is -0.926. The van der Waals surface area contributed by atoms with Crippen molar-refractivity contribution in [3.8, 4) is 0 Å². The number of nitrogens with zero attached hydrogens (tertiary/aromatic N) is 1. The molecule has 2 N–H and O–H groups in total. The van der Waals surface area contributed by atoms with Crippen molar-refractivity contribution in [2.75, 3.05) is 5.32 Å². The maximum Gasteiger partial charge on any atom is 0.337 e. The number of carboxylic acids is 1. The van der Waals surface area contributed by atoms with Gasteiger partial charge in [-0.1, -0.05) is 12.1 Å². The van der Waals surface area contributed by atoms with Gasteiger partial charge < -0.3 is 10.4 Å². The maximum atomic E-state index is 11.0. The van der Waals surface area contributed by atoms with E-state index in [1.54, 1.807) is 41.2 Å². The van der Waals surface area contributed by atoms with Gasteiger partial charge in [0.2, 0.25) is 0 Å². The van der Waals surface area contributed by atoms with Gasteiger partial charge in [-0.25, -0.2) is 4.79 Å². The van der Waals surface area contributed by atoms with Crippen molar-refractivity contribution in [1.29, 1.82) is 0 Å².